The Kier molecular flexibility index (Phi) is 5.22. The molecule has 0 aliphatic heterocycles. The molecule has 2 aromatic heterocycles. The van der Waals surface area contributed by atoms with Crippen LogP contribution in [0.4, 0.5) is 5.82 Å². The van der Waals surface area contributed by atoms with Crippen molar-refractivity contribution in [1.29, 1.82) is 5.26 Å². The molecule has 2 rings (SSSR count). The number of nitriles is 1. The molecule has 0 fully saturated rings. The third-order valence-electron chi connectivity index (χ3n) is 2.97. The van der Waals surface area contributed by atoms with Crippen molar-refractivity contribution in [2.75, 3.05) is 11.9 Å². The summed E-state index contributed by atoms with van der Waals surface area (Å²) < 4.78 is 0. The van der Waals surface area contributed by atoms with Crippen LogP contribution in [0.2, 0.25) is 0 Å². The molecule has 2 aromatic rings. The van der Waals surface area contributed by atoms with E-state index < -0.39 is 0 Å². The second-order valence-electron chi connectivity index (χ2n) is 4.81. The number of hydrogen-bond donors (Lipinski definition) is 1. The number of nitrogens with one attached hydrogen (secondary N) is 1. The summed E-state index contributed by atoms with van der Waals surface area (Å²) in [5, 5.41) is 12.3. The van der Waals surface area contributed by atoms with Gasteiger partial charge in [-0.2, -0.15) is 5.26 Å². The summed E-state index contributed by atoms with van der Waals surface area (Å²) in [5.41, 5.74) is 2.18. The zero-order chi connectivity index (χ0) is 15.1. The Morgan fingerprint density at radius 3 is 2.71 bits per heavy atom. The third kappa shape index (κ3) is 3.99. The van der Waals surface area contributed by atoms with E-state index in [0.717, 1.165) is 48.7 Å². The van der Waals surface area contributed by atoms with Crippen LogP contribution in [-0.4, -0.2) is 21.5 Å². The van der Waals surface area contributed by atoms with Crippen molar-refractivity contribution < 1.29 is 0 Å². The van der Waals surface area contributed by atoms with Crippen molar-refractivity contribution in [2.24, 2.45) is 0 Å². The number of nitrogens with zero attached hydrogens (tertiary/aromatic N) is 4. The first-order valence-corrected chi connectivity index (χ1v) is 7.24. The van der Waals surface area contributed by atoms with Crippen LogP contribution < -0.4 is 5.32 Å². The van der Waals surface area contributed by atoms with Crippen molar-refractivity contribution in [1.82, 2.24) is 15.0 Å². The molecule has 0 aliphatic rings. The van der Waals surface area contributed by atoms with Crippen LogP contribution in [0.5, 0.6) is 0 Å². The highest BCUT2D eigenvalue weighted by Crippen LogP contribution is 2.20. The van der Waals surface area contributed by atoms with E-state index in [1.165, 1.54) is 0 Å². The molecule has 0 amide bonds. The number of rotatable bonds is 6. The van der Waals surface area contributed by atoms with Gasteiger partial charge < -0.3 is 5.32 Å². The molecule has 0 unspecified atom stereocenters. The lowest BCUT2D eigenvalue weighted by Gasteiger charge is -2.09. The fraction of sp³-hybridized carbons (Fsp3) is 0.375. The largest absolute Gasteiger partial charge is 0.370 e. The first-order chi connectivity index (χ1) is 10.3. The van der Waals surface area contributed by atoms with Crippen molar-refractivity contribution in [3.05, 3.63) is 35.9 Å². The second kappa shape index (κ2) is 7.34. The van der Waals surface area contributed by atoms with Gasteiger partial charge in [0.1, 0.15) is 17.7 Å². The molecule has 21 heavy (non-hydrogen) atoms. The maximum atomic E-state index is 8.98. The summed E-state index contributed by atoms with van der Waals surface area (Å²) in [6.07, 6.45) is 6.14. The van der Waals surface area contributed by atoms with Crippen LogP contribution >= 0.6 is 0 Å². The monoisotopic (exact) mass is 281 g/mol. The van der Waals surface area contributed by atoms with Crippen LogP contribution in [0.25, 0.3) is 11.3 Å². The van der Waals surface area contributed by atoms with Gasteiger partial charge in [-0.1, -0.05) is 13.8 Å². The van der Waals surface area contributed by atoms with E-state index in [4.69, 9.17) is 5.26 Å². The number of pyridine rings is 1. The van der Waals surface area contributed by atoms with Crippen LogP contribution in [0.3, 0.4) is 0 Å². The Morgan fingerprint density at radius 1 is 1.14 bits per heavy atom. The molecule has 0 spiro atoms. The lowest BCUT2D eigenvalue weighted by atomic mass is 10.1. The predicted octanol–water partition coefficient (Wildman–Crippen LogP) is 3.18. The zero-order valence-electron chi connectivity index (χ0n) is 12.4. The van der Waals surface area contributed by atoms with Crippen LogP contribution in [0.1, 0.15) is 38.1 Å². The first-order valence-electron chi connectivity index (χ1n) is 7.24. The summed E-state index contributed by atoms with van der Waals surface area (Å²) in [4.78, 5) is 13.2. The van der Waals surface area contributed by atoms with Gasteiger partial charge in [0.2, 0.25) is 0 Å². The summed E-state index contributed by atoms with van der Waals surface area (Å²) in [7, 11) is 0. The fourth-order valence-corrected chi connectivity index (χ4v) is 1.97. The molecule has 108 valence electrons. The maximum absolute atomic E-state index is 8.98. The van der Waals surface area contributed by atoms with E-state index >= 15 is 0 Å². The quantitative estimate of drug-likeness (QED) is 0.880. The average Bonchev–Trinajstić information content (AvgIpc) is 2.53. The molecular formula is C16H19N5. The topological polar surface area (TPSA) is 74.5 Å². The standard InChI is InChI=1S/C16H19N5/c1-3-5-15-20-14(8-16(21-15)19-6-4-2)13-7-12(9-17)10-18-11-13/h7-8,10-11H,3-6H2,1-2H3,(H,19,20,21). The summed E-state index contributed by atoms with van der Waals surface area (Å²) >= 11 is 0. The van der Waals surface area contributed by atoms with Crippen molar-refractivity contribution in [3.63, 3.8) is 0 Å². The van der Waals surface area contributed by atoms with Gasteiger partial charge in [-0.05, 0) is 18.9 Å². The number of aryl methyl sites for hydroxylation is 1. The van der Waals surface area contributed by atoms with E-state index in [-0.39, 0.29) is 0 Å². The summed E-state index contributed by atoms with van der Waals surface area (Å²) in [6.45, 7) is 5.09. The summed E-state index contributed by atoms with van der Waals surface area (Å²) in [5.74, 6) is 1.64. The van der Waals surface area contributed by atoms with E-state index in [1.54, 1.807) is 18.5 Å². The lowest BCUT2D eigenvalue weighted by Crippen LogP contribution is -2.06. The zero-order valence-corrected chi connectivity index (χ0v) is 12.4. The molecule has 0 saturated heterocycles. The summed E-state index contributed by atoms with van der Waals surface area (Å²) in [6, 6.07) is 5.81. The normalized spacial score (nSPS) is 10.1. The Balaban J connectivity index is 2.40. The van der Waals surface area contributed by atoms with Gasteiger partial charge in [-0.3, -0.25) is 4.98 Å². The Bertz CT molecular complexity index is 645. The SMILES string of the molecule is CCCNc1cc(-c2cncc(C#N)c2)nc(CCC)n1. The smallest absolute Gasteiger partial charge is 0.131 e. The highest BCUT2D eigenvalue weighted by molar-refractivity contribution is 5.63. The van der Waals surface area contributed by atoms with Gasteiger partial charge in [0.25, 0.3) is 0 Å². The molecule has 0 saturated carbocycles. The minimum absolute atomic E-state index is 0.534. The molecule has 0 bridgehead atoms. The van der Waals surface area contributed by atoms with Crippen molar-refractivity contribution in [3.8, 4) is 17.3 Å². The van der Waals surface area contributed by atoms with E-state index in [2.05, 4.69) is 40.2 Å². The minimum atomic E-state index is 0.534. The Morgan fingerprint density at radius 2 is 2.00 bits per heavy atom. The molecule has 0 atom stereocenters. The Hall–Kier alpha value is -2.48. The lowest BCUT2D eigenvalue weighted by molar-refractivity contribution is 0.834. The highest BCUT2D eigenvalue weighted by Gasteiger charge is 2.07. The van der Waals surface area contributed by atoms with Gasteiger partial charge in [0, 0.05) is 37.0 Å². The van der Waals surface area contributed by atoms with E-state index in [9.17, 15) is 0 Å². The predicted molar refractivity (Wildman–Crippen MR) is 82.8 cm³/mol. The molecule has 0 aliphatic carbocycles. The molecule has 0 radical (unpaired) electrons. The first kappa shape index (κ1) is 14.9. The highest BCUT2D eigenvalue weighted by atomic mass is 15.0. The van der Waals surface area contributed by atoms with Crippen LogP contribution in [-0.2, 0) is 6.42 Å². The number of aromatic nitrogens is 3. The van der Waals surface area contributed by atoms with E-state index in [1.807, 2.05) is 6.07 Å². The van der Waals surface area contributed by atoms with Crippen LogP contribution in [0.15, 0.2) is 24.5 Å². The second-order valence-corrected chi connectivity index (χ2v) is 4.81. The molecule has 1 N–H and O–H groups in total. The van der Waals surface area contributed by atoms with Gasteiger partial charge in [0.15, 0.2) is 0 Å². The van der Waals surface area contributed by atoms with Gasteiger partial charge in [-0.15, -0.1) is 0 Å². The average molecular weight is 281 g/mol. The van der Waals surface area contributed by atoms with Crippen molar-refractivity contribution >= 4 is 5.82 Å². The molecule has 2 heterocycles. The molecule has 0 aromatic carbocycles. The molecular weight excluding hydrogens is 262 g/mol. The maximum Gasteiger partial charge on any atom is 0.131 e. The van der Waals surface area contributed by atoms with Gasteiger partial charge in [-0.25, -0.2) is 9.97 Å². The fourth-order valence-electron chi connectivity index (χ4n) is 1.97. The number of anilines is 1. The van der Waals surface area contributed by atoms with Crippen molar-refractivity contribution in [2.45, 2.75) is 33.1 Å². The van der Waals surface area contributed by atoms with Crippen LogP contribution in [0, 0.1) is 11.3 Å². The van der Waals surface area contributed by atoms with Gasteiger partial charge in [0.05, 0.1) is 11.3 Å². The molecule has 5 nitrogen and oxygen atoms in total. The van der Waals surface area contributed by atoms with Gasteiger partial charge >= 0.3 is 0 Å². The number of hydrogen-bond acceptors (Lipinski definition) is 5. The third-order valence-corrected chi connectivity index (χ3v) is 2.97. The van der Waals surface area contributed by atoms with E-state index in [0.29, 0.717) is 5.56 Å². The molecule has 5 heteroatoms. The Labute approximate surface area is 125 Å². The minimum Gasteiger partial charge on any atom is -0.370 e.